The van der Waals surface area contributed by atoms with E-state index in [4.69, 9.17) is 0 Å². The summed E-state index contributed by atoms with van der Waals surface area (Å²) in [5.41, 5.74) is 0.315. The third-order valence-corrected chi connectivity index (χ3v) is 5.55. The van der Waals surface area contributed by atoms with Crippen molar-refractivity contribution in [3.8, 4) is 0 Å². The number of anilines is 2. The first-order valence-electron chi connectivity index (χ1n) is 9.33. The molecule has 3 aliphatic rings. The average Bonchev–Trinajstić information content (AvgIpc) is 3.34. The molecule has 2 heterocycles. The fourth-order valence-electron chi connectivity index (χ4n) is 4.19. The van der Waals surface area contributed by atoms with Crippen LogP contribution in [0.25, 0.3) is 0 Å². The topological polar surface area (TPSA) is 98.8 Å². The van der Waals surface area contributed by atoms with Gasteiger partial charge >= 0.3 is 6.03 Å². The minimum absolute atomic E-state index is 0.0222. The van der Waals surface area contributed by atoms with Gasteiger partial charge in [0.1, 0.15) is 12.1 Å². The zero-order valence-electron chi connectivity index (χ0n) is 15.0. The summed E-state index contributed by atoms with van der Waals surface area (Å²) in [6, 6.07) is 6.54. The lowest BCUT2D eigenvalue weighted by Gasteiger charge is -2.21. The summed E-state index contributed by atoms with van der Waals surface area (Å²) in [4.78, 5) is 52.1. The predicted molar refractivity (Wildman–Crippen MR) is 98.1 cm³/mol. The van der Waals surface area contributed by atoms with E-state index in [2.05, 4.69) is 10.6 Å². The lowest BCUT2D eigenvalue weighted by molar-refractivity contribution is -0.133. The van der Waals surface area contributed by atoms with Crippen LogP contribution in [-0.4, -0.2) is 47.3 Å². The second-order valence-corrected chi connectivity index (χ2v) is 7.32. The predicted octanol–water partition coefficient (Wildman–Crippen LogP) is 1.62. The summed E-state index contributed by atoms with van der Waals surface area (Å²) in [6.45, 7) is 0.274. The van der Waals surface area contributed by atoms with Crippen molar-refractivity contribution in [3.63, 3.8) is 0 Å². The molecule has 27 heavy (non-hydrogen) atoms. The molecule has 1 spiro atoms. The fourth-order valence-corrected chi connectivity index (χ4v) is 4.19. The van der Waals surface area contributed by atoms with Gasteiger partial charge in [0.15, 0.2) is 0 Å². The van der Waals surface area contributed by atoms with Crippen LogP contribution in [0, 0.1) is 0 Å². The molecule has 0 aromatic heterocycles. The van der Waals surface area contributed by atoms with Crippen molar-refractivity contribution >= 4 is 35.1 Å². The standard InChI is InChI=1S/C19H22N4O4/c24-15(12-23-17(26)19(21-18(23)27)9-3-4-10-19)20-13-6-1-2-7-14(13)22-11-5-8-16(22)25/h1-2,6-7H,3-5,8-12H2,(H,20,24)(H,21,27). The first kappa shape index (κ1) is 17.5. The lowest BCUT2D eigenvalue weighted by Crippen LogP contribution is -2.44. The van der Waals surface area contributed by atoms with Crippen LogP contribution in [0.1, 0.15) is 38.5 Å². The van der Waals surface area contributed by atoms with Crippen LogP contribution in [0.2, 0.25) is 0 Å². The van der Waals surface area contributed by atoms with Gasteiger partial charge in [0.25, 0.3) is 5.91 Å². The number of carbonyl (C=O) groups is 4. The van der Waals surface area contributed by atoms with Crippen LogP contribution in [0.5, 0.6) is 0 Å². The molecular formula is C19H22N4O4. The first-order chi connectivity index (χ1) is 13.0. The van der Waals surface area contributed by atoms with E-state index in [1.807, 2.05) is 0 Å². The maximum absolute atomic E-state index is 12.7. The van der Waals surface area contributed by atoms with E-state index in [0.29, 0.717) is 37.2 Å². The van der Waals surface area contributed by atoms with Crippen molar-refractivity contribution in [2.24, 2.45) is 0 Å². The van der Waals surface area contributed by atoms with Crippen molar-refractivity contribution in [2.45, 2.75) is 44.1 Å². The summed E-state index contributed by atoms with van der Waals surface area (Å²) in [5.74, 6) is -0.759. The highest BCUT2D eigenvalue weighted by Gasteiger charge is 2.52. The van der Waals surface area contributed by atoms with Gasteiger partial charge in [0.05, 0.1) is 11.4 Å². The molecule has 1 aliphatic carbocycles. The minimum Gasteiger partial charge on any atom is -0.323 e. The molecule has 0 bridgehead atoms. The Morgan fingerprint density at radius 3 is 2.56 bits per heavy atom. The number of imide groups is 1. The number of hydrogen-bond acceptors (Lipinski definition) is 4. The van der Waals surface area contributed by atoms with Gasteiger partial charge in [-0.25, -0.2) is 4.79 Å². The Bertz CT molecular complexity index is 816. The van der Waals surface area contributed by atoms with Gasteiger partial charge in [-0.15, -0.1) is 0 Å². The van der Waals surface area contributed by atoms with E-state index >= 15 is 0 Å². The van der Waals surface area contributed by atoms with Crippen molar-refractivity contribution in [1.82, 2.24) is 10.2 Å². The molecule has 2 saturated heterocycles. The van der Waals surface area contributed by atoms with E-state index in [1.54, 1.807) is 29.2 Å². The highest BCUT2D eigenvalue weighted by atomic mass is 16.2. The van der Waals surface area contributed by atoms with Crippen molar-refractivity contribution < 1.29 is 19.2 Å². The molecule has 2 aliphatic heterocycles. The zero-order valence-corrected chi connectivity index (χ0v) is 15.0. The number of nitrogens with one attached hydrogen (secondary N) is 2. The molecule has 0 radical (unpaired) electrons. The molecule has 1 aromatic carbocycles. The summed E-state index contributed by atoms with van der Waals surface area (Å²) in [7, 11) is 0. The Hall–Kier alpha value is -2.90. The summed E-state index contributed by atoms with van der Waals surface area (Å²) >= 11 is 0. The highest BCUT2D eigenvalue weighted by Crippen LogP contribution is 2.35. The molecule has 1 saturated carbocycles. The quantitative estimate of drug-likeness (QED) is 0.787. The normalized spacial score (nSPS) is 21.3. The van der Waals surface area contributed by atoms with E-state index < -0.39 is 17.5 Å². The van der Waals surface area contributed by atoms with Gasteiger partial charge in [0.2, 0.25) is 11.8 Å². The van der Waals surface area contributed by atoms with Crippen LogP contribution < -0.4 is 15.5 Å². The Balaban J connectivity index is 1.47. The monoisotopic (exact) mass is 370 g/mol. The fraction of sp³-hybridized carbons (Fsp3) is 0.474. The molecule has 0 unspecified atom stereocenters. The van der Waals surface area contributed by atoms with Crippen LogP contribution in [0.15, 0.2) is 24.3 Å². The van der Waals surface area contributed by atoms with Gasteiger partial charge < -0.3 is 15.5 Å². The third kappa shape index (κ3) is 3.05. The maximum Gasteiger partial charge on any atom is 0.325 e. The summed E-state index contributed by atoms with van der Waals surface area (Å²) < 4.78 is 0. The molecule has 5 amide bonds. The Kier molecular flexibility index (Phi) is 4.33. The number of nitrogens with zero attached hydrogens (tertiary/aromatic N) is 2. The number of para-hydroxylation sites is 2. The van der Waals surface area contributed by atoms with Gasteiger partial charge in [-0.3, -0.25) is 19.3 Å². The summed E-state index contributed by atoms with van der Waals surface area (Å²) in [6.07, 6.45) is 4.30. The number of carbonyl (C=O) groups excluding carboxylic acids is 4. The van der Waals surface area contributed by atoms with E-state index in [-0.39, 0.29) is 18.4 Å². The third-order valence-electron chi connectivity index (χ3n) is 5.55. The van der Waals surface area contributed by atoms with E-state index in [0.717, 1.165) is 24.2 Å². The second kappa shape index (κ2) is 6.68. The number of benzene rings is 1. The molecule has 1 aromatic rings. The Morgan fingerprint density at radius 2 is 1.85 bits per heavy atom. The van der Waals surface area contributed by atoms with Crippen molar-refractivity contribution in [3.05, 3.63) is 24.3 Å². The summed E-state index contributed by atoms with van der Waals surface area (Å²) in [5, 5.41) is 5.51. The number of amides is 5. The maximum atomic E-state index is 12.7. The minimum atomic E-state index is -0.822. The smallest absolute Gasteiger partial charge is 0.323 e. The molecule has 0 atom stereocenters. The molecule has 2 N–H and O–H groups in total. The molecular weight excluding hydrogens is 348 g/mol. The first-order valence-corrected chi connectivity index (χ1v) is 9.33. The van der Waals surface area contributed by atoms with Crippen molar-refractivity contribution in [2.75, 3.05) is 23.3 Å². The van der Waals surface area contributed by atoms with Gasteiger partial charge in [0, 0.05) is 13.0 Å². The molecule has 3 fully saturated rings. The van der Waals surface area contributed by atoms with Crippen LogP contribution in [0.4, 0.5) is 16.2 Å². The molecule has 142 valence electrons. The zero-order chi connectivity index (χ0) is 19.0. The number of urea groups is 1. The Morgan fingerprint density at radius 1 is 1.11 bits per heavy atom. The molecule has 4 rings (SSSR count). The highest BCUT2D eigenvalue weighted by molar-refractivity contribution is 6.11. The SMILES string of the molecule is O=C(CN1C(=O)NC2(CCCC2)C1=O)Nc1ccccc1N1CCCC1=O. The molecule has 8 nitrogen and oxygen atoms in total. The van der Waals surface area contributed by atoms with Crippen LogP contribution in [0.3, 0.4) is 0 Å². The number of hydrogen-bond donors (Lipinski definition) is 2. The van der Waals surface area contributed by atoms with Crippen LogP contribution in [-0.2, 0) is 14.4 Å². The van der Waals surface area contributed by atoms with Gasteiger partial charge in [-0.2, -0.15) is 0 Å². The van der Waals surface area contributed by atoms with Gasteiger partial charge in [-0.1, -0.05) is 25.0 Å². The average molecular weight is 370 g/mol. The molecule has 8 heteroatoms. The van der Waals surface area contributed by atoms with Crippen LogP contribution >= 0.6 is 0 Å². The largest absolute Gasteiger partial charge is 0.325 e. The van der Waals surface area contributed by atoms with Crippen molar-refractivity contribution in [1.29, 1.82) is 0 Å². The van der Waals surface area contributed by atoms with E-state index in [1.165, 1.54) is 0 Å². The number of rotatable bonds is 4. The van der Waals surface area contributed by atoms with E-state index in [9.17, 15) is 19.2 Å². The second-order valence-electron chi connectivity index (χ2n) is 7.32. The lowest BCUT2D eigenvalue weighted by atomic mass is 9.98. The van der Waals surface area contributed by atoms with Gasteiger partial charge in [-0.05, 0) is 31.4 Å². The Labute approximate surface area is 156 Å².